The van der Waals surface area contributed by atoms with Crippen LogP contribution in [0.5, 0.6) is 5.75 Å². The lowest BCUT2D eigenvalue weighted by Crippen LogP contribution is -2.37. The van der Waals surface area contributed by atoms with E-state index in [1.54, 1.807) is 0 Å². The summed E-state index contributed by atoms with van der Waals surface area (Å²) in [6.45, 7) is -0.112. The van der Waals surface area contributed by atoms with Crippen LogP contribution in [0.3, 0.4) is 0 Å². The summed E-state index contributed by atoms with van der Waals surface area (Å²) in [5, 5.41) is 2.42. The third-order valence-electron chi connectivity index (χ3n) is 5.55. The molecule has 1 heterocycles. The molecule has 1 aliphatic rings. The quantitative estimate of drug-likeness (QED) is 0.541. The van der Waals surface area contributed by atoms with Crippen LogP contribution >= 0.6 is 0 Å². The SMILES string of the molecule is COc1ccc(S(=O)(=O)N2CCCCC2)cc1NC(=O)CN(c1cccc(C(F)(F)F)c1)S(C)(=O)=O. The summed E-state index contributed by atoms with van der Waals surface area (Å²) in [5.74, 6) is -0.797. The number of hydrogen-bond donors (Lipinski definition) is 1. The predicted molar refractivity (Wildman–Crippen MR) is 128 cm³/mol. The molecule has 1 aliphatic heterocycles. The maximum atomic E-state index is 13.1. The second-order valence-corrected chi connectivity index (χ2v) is 12.0. The van der Waals surface area contributed by atoms with E-state index in [0.29, 0.717) is 23.5 Å². The van der Waals surface area contributed by atoms with Gasteiger partial charge in [-0.15, -0.1) is 0 Å². The van der Waals surface area contributed by atoms with E-state index in [0.717, 1.165) is 43.7 Å². The third-order valence-corrected chi connectivity index (χ3v) is 8.58. The van der Waals surface area contributed by atoms with Crippen LogP contribution < -0.4 is 14.4 Å². The van der Waals surface area contributed by atoms with Gasteiger partial charge in [0.05, 0.1) is 35.2 Å². The van der Waals surface area contributed by atoms with Crippen molar-refractivity contribution >= 4 is 37.3 Å². The van der Waals surface area contributed by atoms with E-state index in [2.05, 4.69) is 5.32 Å². The number of benzene rings is 2. The van der Waals surface area contributed by atoms with Gasteiger partial charge in [0.2, 0.25) is 26.0 Å². The fourth-order valence-electron chi connectivity index (χ4n) is 3.76. The summed E-state index contributed by atoms with van der Waals surface area (Å²) in [6, 6.07) is 7.47. The van der Waals surface area contributed by atoms with E-state index in [1.165, 1.54) is 29.6 Å². The number of hydrogen-bond acceptors (Lipinski definition) is 6. The van der Waals surface area contributed by atoms with Crippen LogP contribution in [0.1, 0.15) is 24.8 Å². The van der Waals surface area contributed by atoms with Crippen molar-refractivity contribution in [2.45, 2.75) is 30.3 Å². The number of ether oxygens (including phenoxy) is 1. The molecule has 9 nitrogen and oxygen atoms in total. The number of methoxy groups -OCH3 is 1. The van der Waals surface area contributed by atoms with Crippen molar-refractivity contribution in [3.63, 3.8) is 0 Å². The average molecular weight is 550 g/mol. The lowest BCUT2D eigenvalue weighted by molar-refractivity contribution is -0.137. The molecular formula is C22H26F3N3O6S2. The smallest absolute Gasteiger partial charge is 0.416 e. The Morgan fingerprint density at radius 3 is 2.31 bits per heavy atom. The van der Waals surface area contributed by atoms with Crippen LogP contribution in [0.2, 0.25) is 0 Å². The number of carbonyl (C=O) groups is 1. The molecular weight excluding hydrogens is 523 g/mol. The molecule has 2 aromatic carbocycles. The number of piperidine rings is 1. The van der Waals surface area contributed by atoms with Crippen molar-refractivity contribution in [3.05, 3.63) is 48.0 Å². The highest BCUT2D eigenvalue weighted by Crippen LogP contribution is 2.33. The van der Waals surface area contributed by atoms with Gasteiger partial charge in [0.1, 0.15) is 12.3 Å². The molecule has 0 radical (unpaired) electrons. The Balaban J connectivity index is 1.89. The van der Waals surface area contributed by atoms with E-state index in [-0.39, 0.29) is 22.0 Å². The third kappa shape index (κ3) is 6.48. The van der Waals surface area contributed by atoms with Crippen molar-refractivity contribution in [2.75, 3.05) is 42.6 Å². The topological polar surface area (TPSA) is 113 Å². The Morgan fingerprint density at radius 1 is 1.06 bits per heavy atom. The molecule has 3 rings (SSSR count). The van der Waals surface area contributed by atoms with Crippen LogP contribution in [-0.4, -0.2) is 60.0 Å². The lowest BCUT2D eigenvalue weighted by Gasteiger charge is -2.26. The highest BCUT2D eigenvalue weighted by molar-refractivity contribution is 7.92. The number of rotatable bonds is 8. The summed E-state index contributed by atoms with van der Waals surface area (Å²) < 4.78 is 97.1. The number of carbonyl (C=O) groups excluding carboxylic acids is 1. The van der Waals surface area contributed by atoms with Crippen molar-refractivity contribution < 1.29 is 39.5 Å². The Labute approximate surface area is 207 Å². The molecule has 1 fully saturated rings. The average Bonchev–Trinajstić information content (AvgIpc) is 2.82. The molecule has 0 spiro atoms. The van der Waals surface area contributed by atoms with Gasteiger partial charge in [0.15, 0.2) is 0 Å². The first kappa shape index (κ1) is 27.7. The first-order valence-electron chi connectivity index (χ1n) is 10.9. The van der Waals surface area contributed by atoms with Crippen LogP contribution in [-0.2, 0) is 31.0 Å². The normalized spacial score (nSPS) is 15.4. The summed E-state index contributed by atoms with van der Waals surface area (Å²) in [4.78, 5) is 12.7. The van der Waals surface area contributed by atoms with Gasteiger partial charge in [-0.3, -0.25) is 9.10 Å². The molecule has 198 valence electrons. The van der Waals surface area contributed by atoms with E-state index in [1.807, 2.05) is 0 Å². The minimum absolute atomic E-state index is 0.0296. The molecule has 0 saturated carbocycles. The van der Waals surface area contributed by atoms with Crippen molar-refractivity contribution in [1.29, 1.82) is 0 Å². The molecule has 36 heavy (non-hydrogen) atoms. The first-order chi connectivity index (χ1) is 16.7. The molecule has 1 amide bonds. The largest absolute Gasteiger partial charge is 0.495 e. The summed E-state index contributed by atoms with van der Waals surface area (Å²) in [5.41, 5.74) is -1.46. The fraction of sp³-hybridized carbons (Fsp3) is 0.409. The van der Waals surface area contributed by atoms with Crippen LogP contribution in [0.4, 0.5) is 24.5 Å². The number of alkyl halides is 3. The maximum Gasteiger partial charge on any atom is 0.416 e. The number of nitrogens with one attached hydrogen (secondary N) is 1. The predicted octanol–water partition coefficient (Wildman–Crippen LogP) is 3.29. The van der Waals surface area contributed by atoms with Gasteiger partial charge in [0, 0.05) is 13.1 Å². The van der Waals surface area contributed by atoms with E-state index in [4.69, 9.17) is 4.74 Å². The minimum Gasteiger partial charge on any atom is -0.495 e. The van der Waals surface area contributed by atoms with Gasteiger partial charge in [-0.25, -0.2) is 16.8 Å². The molecule has 0 aliphatic carbocycles. The Morgan fingerprint density at radius 2 is 1.72 bits per heavy atom. The molecule has 14 heteroatoms. The van der Waals surface area contributed by atoms with Gasteiger partial charge in [-0.2, -0.15) is 17.5 Å². The van der Waals surface area contributed by atoms with E-state index in [9.17, 15) is 34.8 Å². The summed E-state index contributed by atoms with van der Waals surface area (Å²) in [7, 11) is -6.70. The Hall–Kier alpha value is -2.84. The van der Waals surface area contributed by atoms with Crippen molar-refractivity contribution in [2.24, 2.45) is 0 Å². The Kier molecular flexibility index (Phi) is 8.20. The molecule has 2 aromatic rings. The fourth-order valence-corrected chi connectivity index (χ4v) is 6.15. The molecule has 0 atom stereocenters. The molecule has 1 N–H and O–H groups in total. The van der Waals surface area contributed by atoms with E-state index < -0.39 is 44.2 Å². The van der Waals surface area contributed by atoms with Crippen LogP contribution in [0.15, 0.2) is 47.4 Å². The van der Waals surface area contributed by atoms with Crippen molar-refractivity contribution in [3.8, 4) is 5.75 Å². The van der Waals surface area contributed by atoms with Gasteiger partial charge in [-0.1, -0.05) is 12.5 Å². The van der Waals surface area contributed by atoms with Gasteiger partial charge in [0.25, 0.3) is 0 Å². The zero-order chi connectivity index (χ0) is 26.7. The molecule has 0 bridgehead atoms. The molecule has 0 unspecified atom stereocenters. The number of halogens is 3. The second-order valence-electron chi connectivity index (χ2n) is 8.19. The minimum atomic E-state index is -4.71. The Bertz CT molecular complexity index is 1320. The number of amides is 1. The van der Waals surface area contributed by atoms with Crippen LogP contribution in [0.25, 0.3) is 0 Å². The van der Waals surface area contributed by atoms with Gasteiger partial charge < -0.3 is 10.1 Å². The first-order valence-corrected chi connectivity index (χ1v) is 14.2. The lowest BCUT2D eigenvalue weighted by atomic mass is 10.2. The number of anilines is 2. The van der Waals surface area contributed by atoms with Gasteiger partial charge >= 0.3 is 6.18 Å². The standard InChI is InChI=1S/C22H26F3N3O6S2/c1-34-20-10-9-18(36(32,33)27-11-4-3-5-12-27)14-19(20)26-21(29)15-28(35(2,30)31)17-8-6-7-16(13-17)22(23,24)25/h6-10,13-14H,3-5,11-12,15H2,1-2H3,(H,26,29). The van der Waals surface area contributed by atoms with E-state index >= 15 is 0 Å². The number of sulfonamides is 2. The maximum absolute atomic E-state index is 13.1. The monoisotopic (exact) mass is 549 g/mol. The highest BCUT2D eigenvalue weighted by Gasteiger charge is 2.32. The summed E-state index contributed by atoms with van der Waals surface area (Å²) >= 11 is 0. The van der Waals surface area contributed by atoms with Gasteiger partial charge in [-0.05, 0) is 49.2 Å². The zero-order valence-electron chi connectivity index (χ0n) is 19.6. The molecule has 1 saturated heterocycles. The summed E-state index contributed by atoms with van der Waals surface area (Å²) in [6.07, 6.45) is -1.56. The molecule has 0 aromatic heterocycles. The van der Waals surface area contributed by atoms with Crippen molar-refractivity contribution in [1.82, 2.24) is 4.31 Å². The van der Waals surface area contributed by atoms with Crippen LogP contribution in [0, 0.1) is 0 Å². The second kappa shape index (κ2) is 10.6. The zero-order valence-corrected chi connectivity index (χ0v) is 21.2. The number of nitrogens with zero attached hydrogens (tertiary/aromatic N) is 2. The highest BCUT2D eigenvalue weighted by atomic mass is 32.2.